The van der Waals surface area contributed by atoms with Crippen LogP contribution in [-0.4, -0.2) is 16.5 Å². The smallest absolute Gasteiger partial charge is 0.325 e. The molecule has 0 fully saturated rings. The van der Waals surface area contributed by atoms with Crippen LogP contribution in [0.4, 0.5) is 0 Å². The van der Waals surface area contributed by atoms with Gasteiger partial charge in [-0.2, -0.15) is 0 Å². The van der Waals surface area contributed by atoms with Crippen molar-refractivity contribution in [1.82, 2.24) is 9.97 Å². The van der Waals surface area contributed by atoms with Crippen molar-refractivity contribution in [2.75, 3.05) is 6.54 Å². The van der Waals surface area contributed by atoms with Crippen LogP contribution in [0.1, 0.15) is 5.56 Å². The van der Waals surface area contributed by atoms with Gasteiger partial charge in [-0.1, -0.05) is 24.3 Å². The second-order valence-corrected chi connectivity index (χ2v) is 3.72. The summed E-state index contributed by atoms with van der Waals surface area (Å²) in [5.41, 5.74) is 6.90. The summed E-state index contributed by atoms with van der Waals surface area (Å²) in [4.78, 5) is 27.1. The van der Waals surface area contributed by atoms with Gasteiger partial charge >= 0.3 is 5.69 Å². The van der Waals surface area contributed by atoms with E-state index in [4.69, 9.17) is 5.73 Å². The summed E-state index contributed by atoms with van der Waals surface area (Å²) >= 11 is 0. The molecule has 0 aliphatic carbocycles. The summed E-state index contributed by atoms with van der Waals surface area (Å²) in [6.45, 7) is 0.596. The molecule has 1 heterocycles. The molecule has 0 saturated heterocycles. The zero-order valence-electron chi connectivity index (χ0n) is 9.60. The van der Waals surface area contributed by atoms with Gasteiger partial charge in [0.15, 0.2) is 0 Å². The summed E-state index contributed by atoms with van der Waals surface area (Å²) in [7, 11) is 0. The summed E-state index contributed by atoms with van der Waals surface area (Å²) in [5.74, 6) is 0. The van der Waals surface area contributed by atoms with E-state index >= 15 is 0 Å². The van der Waals surface area contributed by atoms with Crippen LogP contribution in [0.15, 0.2) is 40.1 Å². The molecule has 0 atom stereocenters. The lowest BCUT2D eigenvalue weighted by molar-refractivity contribution is 0.969. The second kappa shape index (κ2) is 6.18. The topological polar surface area (TPSA) is 91.7 Å². The van der Waals surface area contributed by atoms with Gasteiger partial charge < -0.3 is 10.7 Å². The lowest BCUT2D eigenvalue weighted by Gasteiger charge is -2.02. The minimum atomic E-state index is -0.501. The number of nitrogens with one attached hydrogen (secondary N) is 2. The molecule has 1 aromatic carbocycles. The largest absolute Gasteiger partial charge is 0.330 e. The Morgan fingerprint density at radius 1 is 1.11 bits per heavy atom. The summed E-state index contributed by atoms with van der Waals surface area (Å²) < 4.78 is 0. The van der Waals surface area contributed by atoms with Gasteiger partial charge in [0, 0.05) is 6.20 Å². The monoisotopic (exact) mass is 267 g/mol. The van der Waals surface area contributed by atoms with Crippen LogP contribution in [0.5, 0.6) is 0 Å². The molecule has 18 heavy (non-hydrogen) atoms. The van der Waals surface area contributed by atoms with Gasteiger partial charge in [0.2, 0.25) is 0 Å². The average Bonchev–Trinajstić information content (AvgIpc) is 2.31. The van der Waals surface area contributed by atoms with Gasteiger partial charge in [0.1, 0.15) is 0 Å². The standard InChI is InChI=1S/C12H13N3O2.ClH/c13-6-5-8-1-3-9(4-2-8)10-7-14-12(17)15-11(10)16;/h1-4,7H,5-6,13H2,(H2,14,15,16,17);1H. The van der Waals surface area contributed by atoms with E-state index in [1.807, 2.05) is 24.3 Å². The molecule has 96 valence electrons. The Kier molecular flexibility index (Phi) is 4.88. The van der Waals surface area contributed by atoms with Crippen LogP contribution in [0.25, 0.3) is 11.1 Å². The molecule has 2 rings (SSSR count). The molecule has 1 aromatic heterocycles. The van der Waals surface area contributed by atoms with E-state index in [-0.39, 0.29) is 18.0 Å². The van der Waals surface area contributed by atoms with E-state index in [2.05, 4.69) is 9.97 Å². The zero-order valence-corrected chi connectivity index (χ0v) is 10.4. The van der Waals surface area contributed by atoms with Crippen molar-refractivity contribution < 1.29 is 0 Å². The fourth-order valence-electron chi connectivity index (χ4n) is 1.64. The van der Waals surface area contributed by atoms with E-state index in [0.717, 1.165) is 17.5 Å². The highest BCUT2D eigenvalue weighted by Crippen LogP contribution is 2.14. The van der Waals surface area contributed by atoms with E-state index in [1.54, 1.807) is 0 Å². The van der Waals surface area contributed by atoms with Gasteiger partial charge in [0.05, 0.1) is 5.56 Å². The highest BCUT2D eigenvalue weighted by atomic mass is 35.5. The molecule has 4 N–H and O–H groups in total. The number of rotatable bonds is 3. The Balaban J connectivity index is 0.00000162. The molecule has 2 aromatic rings. The number of benzene rings is 1. The third kappa shape index (κ3) is 3.09. The van der Waals surface area contributed by atoms with Crippen LogP contribution in [0.3, 0.4) is 0 Å². The van der Waals surface area contributed by atoms with Crippen LogP contribution >= 0.6 is 12.4 Å². The Hall–Kier alpha value is -1.85. The molecule has 0 aliphatic heterocycles. The van der Waals surface area contributed by atoms with Crippen LogP contribution in [-0.2, 0) is 6.42 Å². The lowest BCUT2D eigenvalue weighted by atomic mass is 10.1. The maximum absolute atomic E-state index is 11.6. The van der Waals surface area contributed by atoms with E-state index in [9.17, 15) is 9.59 Å². The maximum atomic E-state index is 11.6. The molecular formula is C12H14ClN3O2. The fourth-order valence-corrected chi connectivity index (χ4v) is 1.64. The zero-order chi connectivity index (χ0) is 12.3. The van der Waals surface area contributed by atoms with Crippen molar-refractivity contribution in [3.8, 4) is 11.1 Å². The van der Waals surface area contributed by atoms with Crippen molar-refractivity contribution in [3.63, 3.8) is 0 Å². The highest BCUT2D eigenvalue weighted by Gasteiger charge is 2.03. The third-order valence-electron chi connectivity index (χ3n) is 2.52. The maximum Gasteiger partial charge on any atom is 0.325 e. The summed E-state index contributed by atoms with van der Waals surface area (Å²) in [5, 5.41) is 0. The van der Waals surface area contributed by atoms with Crippen LogP contribution in [0, 0.1) is 0 Å². The molecule has 0 bridgehead atoms. The van der Waals surface area contributed by atoms with Crippen molar-refractivity contribution in [2.24, 2.45) is 5.73 Å². The third-order valence-corrected chi connectivity index (χ3v) is 2.52. The summed E-state index contributed by atoms with van der Waals surface area (Å²) in [6, 6.07) is 7.53. The number of nitrogens with two attached hydrogens (primary N) is 1. The molecule has 0 unspecified atom stereocenters. The Morgan fingerprint density at radius 3 is 2.33 bits per heavy atom. The normalized spacial score (nSPS) is 9.83. The highest BCUT2D eigenvalue weighted by molar-refractivity contribution is 5.85. The van der Waals surface area contributed by atoms with Crippen LogP contribution in [0.2, 0.25) is 0 Å². The van der Waals surface area contributed by atoms with E-state index in [1.165, 1.54) is 6.20 Å². The van der Waals surface area contributed by atoms with Crippen molar-refractivity contribution in [2.45, 2.75) is 6.42 Å². The summed E-state index contributed by atoms with van der Waals surface area (Å²) in [6.07, 6.45) is 2.22. The first-order chi connectivity index (χ1) is 8.20. The van der Waals surface area contributed by atoms with E-state index < -0.39 is 5.69 Å². The fraction of sp³-hybridized carbons (Fsp3) is 0.167. The Labute approximate surface area is 109 Å². The van der Waals surface area contributed by atoms with Gasteiger partial charge in [0.25, 0.3) is 5.56 Å². The Morgan fingerprint density at radius 2 is 1.78 bits per heavy atom. The first-order valence-electron chi connectivity index (χ1n) is 5.32. The minimum Gasteiger partial charge on any atom is -0.330 e. The predicted octanol–water partition coefficient (Wildman–Crippen LogP) is 0.653. The first kappa shape index (κ1) is 14.2. The minimum absolute atomic E-state index is 0. The molecule has 0 spiro atoms. The average molecular weight is 268 g/mol. The van der Waals surface area contributed by atoms with E-state index in [0.29, 0.717) is 12.1 Å². The molecule has 0 saturated carbocycles. The second-order valence-electron chi connectivity index (χ2n) is 3.72. The van der Waals surface area contributed by atoms with Gasteiger partial charge in [-0.25, -0.2) is 4.79 Å². The number of hydrogen-bond acceptors (Lipinski definition) is 3. The predicted molar refractivity (Wildman–Crippen MR) is 73.1 cm³/mol. The van der Waals surface area contributed by atoms with Gasteiger partial charge in [-0.15, -0.1) is 12.4 Å². The number of halogens is 1. The SMILES string of the molecule is Cl.NCCc1ccc(-c2c[nH]c(=O)[nH]c2=O)cc1. The quantitative estimate of drug-likeness (QED) is 0.763. The molecule has 0 aliphatic rings. The number of hydrogen-bond donors (Lipinski definition) is 3. The molecule has 5 nitrogen and oxygen atoms in total. The number of aromatic nitrogens is 2. The molecule has 0 radical (unpaired) electrons. The Bertz CT molecular complexity index is 616. The van der Waals surface area contributed by atoms with Crippen molar-refractivity contribution in [1.29, 1.82) is 0 Å². The van der Waals surface area contributed by atoms with Crippen LogP contribution < -0.4 is 17.0 Å². The molecule has 6 heteroatoms. The van der Waals surface area contributed by atoms with Gasteiger partial charge in [-0.3, -0.25) is 9.78 Å². The first-order valence-corrected chi connectivity index (χ1v) is 5.32. The van der Waals surface area contributed by atoms with Crippen molar-refractivity contribution in [3.05, 3.63) is 56.9 Å². The van der Waals surface area contributed by atoms with Gasteiger partial charge in [-0.05, 0) is 24.1 Å². The number of H-pyrrole nitrogens is 2. The van der Waals surface area contributed by atoms with Crippen molar-refractivity contribution >= 4 is 12.4 Å². The molecule has 0 amide bonds. The molecular weight excluding hydrogens is 254 g/mol. The number of aromatic amines is 2. The lowest BCUT2D eigenvalue weighted by Crippen LogP contribution is -2.22.